The van der Waals surface area contributed by atoms with E-state index in [-0.39, 0.29) is 11.8 Å². The summed E-state index contributed by atoms with van der Waals surface area (Å²) in [4.78, 5) is 33.5. The second-order valence-corrected chi connectivity index (χ2v) is 7.72. The zero-order chi connectivity index (χ0) is 22.1. The SMILES string of the molecule is Cc1ccc(CNC(=O)c2cnc3nc2NCCCC[C@H](N)C(=O)NCCCN3)cc1. The summed E-state index contributed by atoms with van der Waals surface area (Å²) in [6.45, 7) is 4.19. The minimum atomic E-state index is -0.498. The van der Waals surface area contributed by atoms with Gasteiger partial charge in [0.25, 0.3) is 5.91 Å². The van der Waals surface area contributed by atoms with E-state index in [1.807, 2.05) is 31.2 Å². The van der Waals surface area contributed by atoms with Crippen molar-refractivity contribution in [1.29, 1.82) is 0 Å². The Morgan fingerprint density at radius 1 is 1.10 bits per heavy atom. The number of hydrogen-bond acceptors (Lipinski definition) is 7. The zero-order valence-corrected chi connectivity index (χ0v) is 17.9. The van der Waals surface area contributed by atoms with Crippen LogP contribution in [0.2, 0.25) is 0 Å². The van der Waals surface area contributed by atoms with Crippen LogP contribution in [0.25, 0.3) is 0 Å². The van der Waals surface area contributed by atoms with E-state index in [0.29, 0.717) is 56.4 Å². The maximum absolute atomic E-state index is 12.8. The molecule has 0 unspecified atom stereocenters. The van der Waals surface area contributed by atoms with Crippen molar-refractivity contribution in [3.8, 4) is 0 Å². The van der Waals surface area contributed by atoms with Gasteiger partial charge in [0.05, 0.1) is 6.04 Å². The van der Waals surface area contributed by atoms with Crippen LogP contribution in [-0.4, -0.2) is 47.5 Å². The highest BCUT2D eigenvalue weighted by atomic mass is 16.2. The molecule has 0 aliphatic carbocycles. The van der Waals surface area contributed by atoms with E-state index >= 15 is 0 Å². The van der Waals surface area contributed by atoms with Crippen LogP contribution in [0.15, 0.2) is 30.5 Å². The van der Waals surface area contributed by atoms with Crippen LogP contribution in [-0.2, 0) is 11.3 Å². The number of aryl methyl sites for hydroxylation is 1. The molecule has 1 aliphatic rings. The number of hydrogen-bond donors (Lipinski definition) is 5. The highest BCUT2D eigenvalue weighted by Crippen LogP contribution is 2.15. The fourth-order valence-corrected chi connectivity index (χ4v) is 3.21. The van der Waals surface area contributed by atoms with Crippen molar-refractivity contribution in [3.63, 3.8) is 0 Å². The number of amides is 2. The van der Waals surface area contributed by atoms with E-state index in [1.165, 1.54) is 11.8 Å². The Balaban J connectivity index is 1.67. The lowest BCUT2D eigenvalue weighted by Crippen LogP contribution is -2.41. The number of fused-ring (bicyclic) bond motifs is 2. The average molecular weight is 426 g/mol. The molecule has 31 heavy (non-hydrogen) atoms. The Bertz CT molecular complexity index is 886. The maximum atomic E-state index is 12.8. The van der Waals surface area contributed by atoms with Crippen LogP contribution in [0.4, 0.5) is 11.8 Å². The van der Waals surface area contributed by atoms with Crippen molar-refractivity contribution >= 4 is 23.6 Å². The topological polar surface area (TPSA) is 134 Å². The lowest BCUT2D eigenvalue weighted by atomic mass is 10.1. The summed E-state index contributed by atoms with van der Waals surface area (Å²) in [5, 5.41) is 12.2. The Morgan fingerprint density at radius 2 is 1.84 bits per heavy atom. The predicted molar refractivity (Wildman–Crippen MR) is 121 cm³/mol. The van der Waals surface area contributed by atoms with Gasteiger partial charge in [-0.15, -0.1) is 0 Å². The Morgan fingerprint density at radius 3 is 2.65 bits per heavy atom. The fraction of sp³-hybridized carbons (Fsp3) is 0.455. The molecule has 6 N–H and O–H groups in total. The number of anilines is 2. The first-order valence-electron chi connectivity index (χ1n) is 10.7. The molecule has 1 aromatic heterocycles. The average Bonchev–Trinajstić information content (AvgIpc) is 2.77. The van der Waals surface area contributed by atoms with Gasteiger partial charge in [0.2, 0.25) is 11.9 Å². The van der Waals surface area contributed by atoms with Crippen molar-refractivity contribution in [2.45, 2.75) is 45.2 Å². The first kappa shape index (κ1) is 22.5. The normalized spacial score (nSPS) is 17.9. The first-order chi connectivity index (χ1) is 15.0. The summed E-state index contributed by atoms with van der Waals surface area (Å²) in [7, 11) is 0. The molecule has 9 nitrogen and oxygen atoms in total. The third kappa shape index (κ3) is 6.92. The number of nitrogens with one attached hydrogen (secondary N) is 4. The maximum Gasteiger partial charge on any atom is 0.256 e. The standard InChI is InChI=1S/C22H31N7O2/c1-15-6-8-16(9-7-15)13-27-20(30)17-14-28-22-26-12-4-11-25-21(31)18(23)5-2-3-10-24-19(17)29-22/h6-9,14,18H,2-5,10-13,23H2,1H3,(H,25,31)(H,27,30)(H2,24,26,28,29)/t18-/m0/s1. The molecule has 0 spiro atoms. The fourth-order valence-electron chi connectivity index (χ4n) is 3.21. The van der Waals surface area contributed by atoms with Crippen LogP contribution in [0.5, 0.6) is 0 Å². The second-order valence-electron chi connectivity index (χ2n) is 7.72. The molecule has 2 aromatic rings. The summed E-state index contributed by atoms with van der Waals surface area (Å²) in [6.07, 6.45) is 4.47. The summed E-state index contributed by atoms with van der Waals surface area (Å²) in [5.74, 6) is 0.583. The lowest BCUT2D eigenvalue weighted by molar-refractivity contribution is -0.122. The molecule has 9 heteroatoms. The molecule has 0 saturated carbocycles. The zero-order valence-electron chi connectivity index (χ0n) is 17.9. The molecule has 2 amide bonds. The van der Waals surface area contributed by atoms with Crippen molar-refractivity contribution in [2.24, 2.45) is 5.73 Å². The molecular weight excluding hydrogens is 394 g/mol. The molecular formula is C22H31N7O2. The molecule has 1 atom stereocenters. The third-order valence-corrected chi connectivity index (χ3v) is 5.11. The van der Waals surface area contributed by atoms with Gasteiger partial charge in [0, 0.05) is 32.4 Å². The molecule has 1 aromatic carbocycles. The number of carbonyl (C=O) groups is 2. The van der Waals surface area contributed by atoms with Gasteiger partial charge in [0.1, 0.15) is 11.4 Å². The Kier molecular flexibility index (Phi) is 8.17. The summed E-state index contributed by atoms with van der Waals surface area (Å²) < 4.78 is 0. The summed E-state index contributed by atoms with van der Waals surface area (Å²) in [6, 6.07) is 7.53. The monoisotopic (exact) mass is 425 g/mol. The van der Waals surface area contributed by atoms with Crippen molar-refractivity contribution in [3.05, 3.63) is 47.2 Å². The van der Waals surface area contributed by atoms with Crippen LogP contribution in [0, 0.1) is 6.92 Å². The number of rotatable bonds is 3. The van der Waals surface area contributed by atoms with Crippen LogP contribution < -0.4 is 27.0 Å². The van der Waals surface area contributed by atoms with E-state index in [2.05, 4.69) is 31.2 Å². The largest absolute Gasteiger partial charge is 0.369 e. The molecule has 0 saturated heterocycles. The predicted octanol–water partition coefficient (Wildman–Crippen LogP) is 1.56. The van der Waals surface area contributed by atoms with Crippen molar-refractivity contribution in [2.75, 3.05) is 30.3 Å². The minimum Gasteiger partial charge on any atom is -0.369 e. The minimum absolute atomic E-state index is 0.118. The molecule has 0 fully saturated rings. The van der Waals surface area contributed by atoms with Crippen LogP contribution in [0.3, 0.4) is 0 Å². The number of carbonyl (C=O) groups excluding carboxylic acids is 2. The van der Waals surface area contributed by atoms with Crippen molar-refractivity contribution in [1.82, 2.24) is 20.6 Å². The van der Waals surface area contributed by atoms with Crippen molar-refractivity contribution < 1.29 is 9.59 Å². The van der Waals surface area contributed by atoms with Gasteiger partial charge in [0.15, 0.2) is 0 Å². The summed E-state index contributed by atoms with van der Waals surface area (Å²) in [5.41, 5.74) is 8.54. The first-order valence-corrected chi connectivity index (χ1v) is 10.7. The number of nitrogens with two attached hydrogens (primary N) is 1. The van der Waals surface area contributed by atoms with Gasteiger partial charge in [-0.05, 0) is 38.2 Å². The van der Waals surface area contributed by atoms with Gasteiger partial charge in [-0.3, -0.25) is 9.59 Å². The van der Waals surface area contributed by atoms with E-state index in [0.717, 1.165) is 18.4 Å². The van der Waals surface area contributed by atoms with Crippen LogP contribution in [0.1, 0.15) is 47.2 Å². The Labute approximate surface area is 182 Å². The van der Waals surface area contributed by atoms with Gasteiger partial charge < -0.3 is 27.0 Å². The number of nitrogens with zero attached hydrogens (tertiary/aromatic N) is 2. The second kappa shape index (κ2) is 11.3. The molecule has 2 bridgehead atoms. The smallest absolute Gasteiger partial charge is 0.256 e. The molecule has 2 heterocycles. The van der Waals surface area contributed by atoms with Crippen LogP contribution >= 0.6 is 0 Å². The quantitative estimate of drug-likeness (QED) is 0.504. The van der Waals surface area contributed by atoms with E-state index in [1.54, 1.807) is 0 Å². The number of aromatic nitrogens is 2. The highest BCUT2D eigenvalue weighted by molar-refractivity contribution is 5.98. The molecule has 1 aliphatic heterocycles. The third-order valence-electron chi connectivity index (χ3n) is 5.11. The van der Waals surface area contributed by atoms with E-state index < -0.39 is 6.04 Å². The molecule has 0 radical (unpaired) electrons. The van der Waals surface area contributed by atoms with Gasteiger partial charge in [-0.2, -0.15) is 4.98 Å². The van der Waals surface area contributed by atoms with E-state index in [4.69, 9.17) is 5.73 Å². The Hall–Kier alpha value is -3.20. The van der Waals surface area contributed by atoms with E-state index in [9.17, 15) is 9.59 Å². The van der Waals surface area contributed by atoms with Gasteiger partial charge in [-0.25, -0.2) is 4.98 Å². The molecule has 166 valence electrons. The molecule has 3 rings (SSSR count). The number of benzene rings is 1. The lowest BCUT2D eigenvalue weighted by Gasteiger charge is -2.13. The van der Waals surface area contributed by atoms with Gasteiger partial charge in [-0.1, -0.05) is 29.8 Å². The van der Waals surface area contributed by atoms with Gasteiger partial charge >= 0.3 is 0 Å². The highest BCUT2D eigenvalue weighted by Gasteiger charge is 2.16. The summed E-state index contributed by atoms with van der Waals surface area (Å²) >= 11 is 0.